The van der Waals surface area contributed by atoms with Gasteiger partial charge in [-0.05, 0) is 44.7 Å². The molecule has 1 aromatic rings. The van der Waals surface area contributed by atoms with Crippen molar-refractivity contribution in [3.05, 3.63) is 24.0 Å². The van der Waals surface area contributed by atoms with Crippen LogP contribution in [0.15, 0.2) is 18.5 Å². The third-order valence-electron chi connectivity index (χ3n) is 3.19. The lowest BCUT2D eigenvalue weighted by Gasteiger charge is -2.28. The van der Waals surface area contributed by atoms with Crippen molar-refractivity contribution in [2.75, 3.05) is 0 Å². The molecule has 1 fully saturated rings. The SMILES string of the molecule is CC(C)Oc1cncc(C2CCCC(C(=O)O)N2)c1. The highest BCUT2D eigenvalue weighted by Crippen LogP contribution is 2.27. The van der Waals surface area contributed by atoms with Crippen LogP contribution in [0, 0.1) is 0 Å². The van der Waals surface area contributed by atoms with E-state index in [1.54, 1.807) is 12.4 Å². The van der Waals surface area contributed by atoms with E-state index in [1.165, 1.54) is 0 Å². The number of piperidine rings is 1. The van der Waals surface area contributed by atoms with E-state index < -0.39 is 12.0 Å². The smallest absolute Gasteiger partial charge is 0.320 e. The third kappa shape index (κ3) is 3.67. The number of ether oxygens (including phenoxy) is 1. The second-order valence-corrected chi connectivity index (χ2v) is 5.16. The zero-order valence-electron chi connectivity index (χ0n) is 11.3. The Morgan fingerprint density at radius 2 is 2.26 bits per heavy atom. The van der Waals surface area contributed by atoms with Crippen LogP contribution in [0.2, 0.25) is 0 Å². The average molecular weight is 264 g/mol. The van der Waals surface area contributed by atoms with Crippen LogP contribution in [0.3, 0.4) is 0 Å². The maximum absolute atomic E-state index is 11.0. The Labute approximate surface area is 113 Å². The first-order chi connectivity index (χ1) is 9.06. The largest absolute Gasteiger partial charge is 0.489 e. The van der Waals surface area contributed by atoms with E-state index in [9.17, 15) is 4.79 Å². The minimum Gasteiger partial charge on any atom is -0.489 e. The molecule has 2 heterocycles. The van der Waals surface area contributed by atoms with Gasteiger partial charge in [-0.15, -0.1) is 0 Å². The van der Waals surface area contributed by atoms with Gasteiger partial charge in [-0.1, -0.05) is 0 Å². The van der Waals surface area contributed by atoms with Crippen LogP contribution >= 0.6 is 0 Å². The fraction of sp³-hybridized carbons (Fsp3) is 0.571. The molecule has 0 radical (unpaired) electrons. The first-order valence-corrected chi connectivity index (χ1v) is 6.66. The molecule has 2 atom stereocenters. The molecule has 2 rings (SSSR count). The fourth-order valence-corrected chi connectivity index (χ4v) is 2.36. The fourth-order valence-electron chi connectivity index (χ4n) is 2.36. The van der Waals surface area contributed by atoms with Crippen molar-refractivity contribution in [2.24, 2.45) is 0 Å². The molecule has 1 saturated heterocycles. The van der Waals surface area contributed by atoms with Crippen LogP contribution < -0.4 is 10.1 Å². The minimum absolute atomic E-state index is 0.0399. The molecule has 5 nitrogen and oxygen atoms in total. The number of rotatable bonds is 4. The number of nitrogens with one attached hydrogen (secondary N) is 1. The van der Waals surface area contributed by atoms with Crippen LogP contribution in [0.4, 0.5) is 0 Å². The van der Waals surface area contributed by atoms with Crippen LogP contribution in [-0.4, -0.2) is 28.2 Å². The lowest BCUT2D eigenvalue weighted by atomic mass is 9.94. The summed E-state index contributed by atoms with van der Waals surface area (Å²) in [5.74, 6) is -0.0565. The van der Waals surface area contributed by atoms with Crippen molar-refractivity contribution < 1.29 is 14.6 Å². The number of hydrogen-bond acceptors (Lipinski definition) is 4. The number of aromatic nitrogens is 1. The first-order valence-electron chi connectivity index (χ1n) is 6.66. The summed E-state index contributed by atoms with van der Waals surface area (Å²) >= 11 is 0. The number of hydrogen-bond donors (Lipinski definition) is 2. The minimum atomic E-state index is -0.785. The van der Waals surface area contributed by atoms with Crippen LogP contribution in [0.5, 0.6) is 5.75 Å². The summed E-state index contributed by atoms with van der Waals surface area (Å²) in [5, 5.41) is 12.2. The van der Waals surface area contributed by atoms with Crippen molar-refractivity contribution in [3.63, 3.8) is 0 Å². The molecule has 5 heteroatoms. The van der Waals surface area contributed by atoms with E-state index in [-0.39, 0.29) is 12.1 Å². The molecule has 0 spiro atoms. The van der Waals surface area contributed by atoms with E-state index in [0.29, 0.717) is 6.42 Å². The molecule has 1 aliphatic rings. The van der Waals surface area contributed by atoms with Crippen LogP contribution in [-0.2, 0) is 4.79 Å². The van der Waals surface area contributed by atoms with E-state index in [0.717, 1.165) is 24.2 Å². The second-order valence-electron chi connectivity index (χ2n) is 5.16. The van der Waals surface area contributed by atoms with Crippen molar-refractivity contribution in [1.82, 2.24) is 10.3 Å². The Bertz CT molecular complexity index is 448. The van der Waals surface area contributed by atoms with Gasteiger partial charge in [0.15, 0.2) is 0 Å². The standard InChI is InChI=1S/C14H20N2O3/c1-9(2)19-11-6-10(7-15-8-11)12-4-3-5-13(16-12)14(17)18/h6-9,12-13,16H,3-5H2,1-2H3,(H,17,18). The Balaban J connectivity index is 2.10. The summed E-state index contributed by atoms with van der Waals surface area (Å²) in [4.78, 5) is 15.2. The van der Waals surface area contributed by atoms with Gasteiger partial charge in [-0.25, -0.2) is 0 Å². The van der Waals surface area contributed by atoms with Gasteiger partial charge >= 0.3 is 5.97 Å². The topological polar surface area (TPSA) is 71.5 Å². The van der Waals surface area contributed by atoms with E-state index >= 15 is 0 Å². The molecule has 2 N–H and O–H groups in total. The molecule has 0 amide bonds. The van der Waals surface area contributed by atoms with Crippen molar-refractivity contribution in [3.8, 4) is 5.75 Å². The Hall–Kier alpha value is -1.62. The summed E-state index contributed by atoms with van der Waals surface area (Å²) in [6.45, 7) is 3.93. The Morgan fingerprint density at radius 1 is 1.47 bits per heavy atom. The summed E-state index contributed by atoms with van der Waals surface area (Å²) in [7, 11) is 0. The van der Waals surface area contributed by atoms with Crippen LogP contribution in [0.1, 0.15) is 44.7 Å². The number of aliphatic carboxylic acids is 1. The summed E-state index contributed by atoms with van der Waals surface area (Å²) in [6, 6.07) is 1.51. The molecule has 0 aliphatic carbocycles. The maximum atomic E-state index is 11.0. The number of carbonyl (C=O) groups is 1. The third-order valence-corrected chi connectivity index (χ3v) is 3.19. The molecule has 0 bridgehead atoms. The average Bonchev–Trinajstić information content (AvgIpc) is 2.38. The molecular formula is C14H20N2O3. The van der Waals surface area contributed by atoms with Crippen molar-refractivity contribution >= 4 is 5.97 Å². The van der Waals surface area contributed by atoms with Gasteiger partial charge in [0, 0.05) is 12.2 Å². The molecular weight excluding hydrogens is 244 g/mol. The van der Waals surface area contributed by atoms with E-state index in [1.807, 2.05) is 19.9 Å². The number of pyridine rings is 1. The molecule has 104 valence electrons. The molecule has 1 aliphatic heterocycles. The zero-order valence-corrected chi connectivity index (χ0v) is 11.3. The van der Waals surface area contributed by atoms with Crippen molar-refractivity contribution in [2.45, 2.75) is 51.3 Å². The highest BCUT2D eigenvalue weighted by atomic mass is 16.5. The molecule has 0 aromatic carbocycles. The van der Waals surface area contributed by atoms with E-state index in [4.69, 9.17) is 9.84 Å². The van der Waals surface area contributed by atoms with E-state index in [2.05, 4.69) is 10.3 Å². The van der Waals surface area contributed by atoms with Gasteiger partial charge in [-0.2, -0.15) is 0 Å². The van der Waals surface area contributed by atoms with Gasteiger partial charge in [-0.3, -0.25) is 15.1 Å². The molecule has 2 unspecified atom stereocenters. The monoisotopic (exact) mass is 264 g/mol. The maximum Gasteiger partial charge on any atom is 0.320 e. The summed E-state index contributed by atoms with van der Waals surface area (Å²) in [6.07, 6.45) is 6.07. The number of carboxylic acids is 1. The Morgan fingerprint density at radius 3 is 2.95 bits per heavy atom. The first kappa shape index (κ1) is 13.8. The number of nitrogens with zero attached hydrogens (tertiary/aromatic N) is 1. The number of carboxylic acid groups (broad SMARTS) is 1. The summed E-state index contributed by atoms with van der Waals surface area (Å²) in [5.41, 5.74) is 0.990. The van der Waals surface area contributed by atoms with Crippen LogP contribution in [0.25, 0.3) is 0 Å². The Kier molecular flexibility index (Phi) is 4.37. The summed E-state index contributed by atoms with van der Waals surface area (Å²) < 4.78 is 5.61. The predicted molar refractivity (Wildman–Crippen MR) is 71.2 cm³/mol. The highest BCUT2D eigenvalue weighted by molar-refractivity contribution is 5.73. The second kappa shape index (κ2) is 6.02. The van der Waals surface area contributed by atoms with Gasteiger partial charge < -0.3 is 9.84 Å². The molecule has 1 aromatic heterocycles. The van der Waals surface area contributed by atoms with Gasteiger partial charge in [0.05, 0.1) is 12.3 Å². The van der Waals surface area contributed by atoms with Crippen molar-refractivity contribution in [1.29, 1.82) is 0 Å². The lowest BCUT2D eigenvalue weighted by molar-refractivity contribution is -0.140. The molecule has 0 saturated carbocycles. The lowest BCUT2D eigenvalue weighted by Crippen LogP contribution is -2.42. The van der Waals surface area contributed by atoms with Gasteiger partial charge in [0.2, 0.25) is 0 Å². The normalized spacial score (nSPS) is 23.3. The molecule has 19 heavy (non-hydrogen) atoms. The zero-order chi connectivity index (χ0) is 13.8. The highest BCUT2D eigenvalue weighted by Gasteiger charge is 2.27. The van der Waals surface area contributed by atoms with Gasteiger partial charge in [0.25, 0.3) is 0 Å². The predicted octanol–water partition coefficient (Wildman–Crippen LogP) is 2.14. The quantitative estimate of drug-likeness (QED) is 0.871. The van der Waals surface area contributed by atoms with Gasteiger partial charge in [0.1, 0.15) is 11.8 Å².